The Balaban J connectivity index is 2.53. The number of hydrogen-bond acceptors (Lipinski definition) is 19. The van der Waals surface area contributed by atoms with E-state index < -0.39 is 156 Å². The number of amides is 11. The molecular weight excluding hydrogens is 1330 g/mol. The summed E-state index contributed by atoms with van der Waals surface area (Å²) in [7, 11) is 0. The van der Waals surface area contributed by atoms with Crippen LogP contribution in [0.3, 0.4) is 0 Å². The molecule has 0 heterocycles. The highest BCUT2D eigenvalue weighted by molar-refractivity contribution is 7.98. The van der Waals surface area contributed by atoms with Crippen LogP contribution >= 0.6 is 11.8 Å². The summed E-state index contributed by atoms with van der Waals surface area (Å²) in [5.41, 5.74) is 28.6. The molecule has 2 rings (SSSR count). The molecule has 101 heavy (non-hydrogen) atoms. The maximum absolute atomic E-state index is 14.7. The number of benzene rings is 2. The zero-order valence-electron chi connectivity index (χ0n) is 59.0. The van der Waals surface area contributed by atoms with Crippen molar-refractivity contribution in [3.05, 3.63) is 48.0 Å². The Hall–Kier alpha value is -8.93. The monoisotopic (exact) mass is 1440 g/mol. The first-order valence-corrected chi connectivity index (χ1v) is 35.5. The molecule has 0 saturated carbocycles. The largest absolute Gasteiger partial charge is 0.481 e. The van der Waals surface area contributed by atoms with Crippen molar-refractivity contribution >= 4 is 105 Å². The second-order valence-electron chi connectivity index (χ2n) is 25.8. The molecule has 0 unspecified atom stereocenters. The second-order valence-corrected chi connectivity index (χ2v) is 26.8. The number of nitrogens with one attached hydrogen (secondary N) is 14. The van der Waals surface area contributed by atoms with Crippen LogP contribution in [-0.4, -0.2) is 210 Å². The fourth-order valence-corrected chi connectivity index (χ4v) is 11.0. The number of carbonyl (C=O) groups excluding carboxylic acids is 11. The predicted octanol–water partition coefficient (Wildman–Crippen LogP) is -3.17. The van der Waals surface area contributed by atoms with E-state index in [0.717, 1.165) is 17.7 Å². The Kier molecular flexibility index (Phi) is 41.2. The number of unbranched alkanes of at least 4 members (excludes halogenated alkanes) is 2. The predicted molar refractivity (Wildman–Crippen MR) is 382 cm³/mol. The average molecular weight is 1440 g/mol. The minimum atomic E-state index is -2.02. The van der Waals surface area contributed by atoms with Gasteiger partial charge < -0.3 is 108 Å². The number of rotatable bonds is 50. The third-order valence-electron chi connectivity index (χ3n) is 16.1. The van der Waals surface area contributed by atoms with Crippen LogP contribution < -0.4 is 92.5 Å². The summed E-state index contributed by atoms with van der Waals surface area (Å²) >= 11 is 1.24. The highest BCUT2D eigenvalue weighted by atomic mass is 32.2. The highest BCUT2D eigenvalue weighted by Crippen LogP contribution is 2.19. The Morgan fingerprint density at radius 3 is 1.35 bits per heavy atom. The van der Waals surface area contributed by atoms with Crippen molar-refractivity contribution in [2.75, 3.05) is 44.8 Å². The molecule has 0 spiro atoms. The number of primary amides is 1. The van der Waals surface area contributed by atoms with Gasteiger partial charge in [-0.05, 0) is 137 Å². The topological polar surface area (TPSA) is 588 Å². The lowest BCUT2D eigenvalue weighted by Gasteiger charge is -2.29. The first kappa shape index (κ1) is 88.2. The number of carboxylic acids is 1. The molecule has 0 aliphatic heterocycles. The van der Waals surface area contributed by atoms with E-state index in [1.54, 1.807) is 37.4 Å². The van der Waals surface area contributed by atoms with Gasteiger partial charge in [0.15, 0.2) is 11.9 Å². The summed E-state index contributed by atoms with van der Waals surface area (Å²) in [6.07, 6.45) is 1.19. The van der Waals surface area contributed by atoms with E-state index in [4.69, 9.17) is 39.5 Å². The lowest BCUT2D eigenvalue weighted by atomic mass is 9.99. The summed E-state index contributed by atoms with van der Waals surface area (Å²) in [4.78, 5) is 166. The molecule has 2 aromatic rings. The first-order valence-electron chi connectivity index (χ1n) is 34.1. The normalized spacial score (nSPS) is 14.8. The molecule has 0 aromatic heterocycles. The van der Waals surface area contributed by atoms with Crippen LogP contribution in [0, 0.1) is 28.6 Å². The highest BCUT2D eigenvalue weighted by Gasteiger charge is 2.38. The minimum absolute atomic E-state index is 0.0609. The molecule has 12 atom stereocenters. The van der Waals surface area contributed by atoms with Crippen molar-refractivity contribution < 1.29 is 72.9 Å². The van der Waals surface area contributed by atoms with Gasteiger partial charge in [0.25, 0.3) is 0 Å². The van der Waals surface area contributed by atoms with Crippen LogP contribution in [-0.2, 0) is 64.0 Å². The Labute approximate surface area is 594 Å². The molecule has 0 saturated heterocycles. The van der Waals surface area contributed by atoms with Crippen LogP contribution in [0.25, 0.3) is 10.8 Å². The summed E-state index contributed by atoms with van der Waals surface area (Å²) < 4.78 is 0. The molecule has 11 amide bonds. The van der Waals surface area contributed by atoms with E-state index in [0.29, 0.717) is 37.8 Å². The van der Waals surface area contributed by atoms with Gasteiger partial charge >= 0.3 is 5.97 Å². The number of nitrogens with two attached hydrogens (primary N) is 5. The van der Waals surface area contributed by atoms with Gasteiger partial charge in [0.2, 0.25) is 65.0 Å². The van der Waals surface area contributed by atoms with Crippen LogP contribution in [0.2, 0.25) is 0 Å². The summed E-state index contributed by atoms with van der Waals surface area (Å²) in [5, 5.41) is 78.9. The first-order chi connectivity index (χ1) is 47.7. The van der Waals surface area contributed by atoms with E-state index in [-0.39, 0.29) is 113 Å². The summed E-state index contributed by atoms with van der Waals surface area (Å²) in [6, 6.07) is -2.69. The van der Waals surface area contributed by atoms with E-state index in [1.165, 1.54) is 11.8 Å². The van der Waals surface area contributed by atoms with Crippen molar-refractivity contribution in [1.82, 2.24) is 63.8 Å². The number of thioether (sulfide) groups is 1. The molecule has 0 bridgehead atoms. The molecule has 2 aromatic carbocycles. The molecule has 0 radical (unpaired) electrons. The minimum Gasteiger partial charge on any atom is -0.481 e. The number of aliphatic hydroxyl groups excluding tert-OH is 2. The molecule has 35 heteroatoms. The summed E-state index contributed by atoms with van der Waals surface area (Å²) in [5.74, 6) is -13.1. The van der Waals surface area contributed by atoms with Gasteiger partial charge in [-0.25, -0.2) is 0 Å². The molecule has 27 N–H and O–H groups in total. The molecule has 566 valence electrons. The fourth-order valence-electron chi connectivity index (χ4n) is 10.5. The number of carboxylic acid groups (broad SMARTS) is 1. The van der Waals surface area contributed by atoms with Crippen LogP contribution in [0.5, 0.6) is 0 Å². The van der Waals surface area contributed by atoms with Gasteiger partial charge in [0.1, 0.15) is 60.4 Å². The zero-order valence-corrected chi connectivity index (χ0v) is 59.8. The molecule has 0 aliphatic carbocycles. The second kappa shape index (κ2) is 47.2. The van der Waals surface area contributed by atoms with Gasteiger partial charge in [0, 0.05) is 25.4 Å². The number of carbonyl (C=O) groups is 12. The maximum atomic E-state index is 14.7. The lowest BCUT2D eigenvalue weighted by Crippen LogP contribution is -2.62. The van der Waals surface area contributed by atoms with Crippen molar-refractivity contribution in [3.63, 3.8) is 0 Å². The Morgan fingerprint density at radius 1 is 0.465 bits per heavy atom. The standard InChI is InChI=1S/C66H111N19O15S/c1-36(2)30-47(54(69)90)80-56(92)44(20-14-27-74-65(70)71)78-61(97)49(33-40-22-23-41-17-8-9-18-42(41)32-40)82-57(93)43(19-11-13-26-68)76-62(98)50(34-52(88)89)83-64(100)53(39(6)87)85-59(95)46(24-29-101-7)79-63(99)51(35-86)84-58(94)45(21-15-28-75-66(72)73)77-60(96)48(31-37(3)4)81-55(91)38(5)16-10-12-25-67/h8-9,17-18,22-23,32,36-39,43-51,53,86-87H,10-16,19-21,24-31,33-35,67-68H2,1-7H3,(H2,69,90)(H,76,98)(H,77,96)(H,78,97)(H,79,99)(H,80,92)(H,81,91)(H,82,93)(H,83,100)(H,84,94)(H,85,95)(H,88,89)(H4,70,71,74)(H4,72,73,75)/t38-,39+,43-,44-,45-,46-,47-,48-,49-,50-,51-,53-/m0/s1. The van der Waals surface area contributed by atoms with Crippen LogP contribution in [0.1, 0.15) is 137 Å². The molecular formula is C66H111N19O15S. The third kappa shape index (κ3) is 34.3. The summed E-state index contributed by atoms with van der Waals surface area (Å²) in [6.45, 7) is 9.84. The lowest BCUT2D eigenvalue weighted by molar-refractivity contribution is -0.142. The number of hydrogen-bond donors (Lipinski definition) is 22. The number of fused-ring (bicyclic) bond motifs is 1. The Morgan fingerprint density at radius 2 is 0.871 bits per heavy atom. The third-order valence-corrected chi connectivity index (χ3v) is 16.7. The van der Waals surface area contributed by atoms with E-state index >= 15 is 0 Å². The quantitative estimate of drug-likeness (QED) is 0.0176. The van der Waals surface area contributed by atoms with Crippen molar-refractivity contribution in [3.8, 4) is 0 Å². The van der Waals surface area contributed by atoms with Gasteiger partial charge in [-0.2, -0.15) is 11.8 Å². The van der Waals surface area contributed by atoms with Crippen molar-refractivity contribution in [2.45, 2.75) is 204 Å². The SMILES string of the molecule is CSCC[C@H](NC(=O)[C@H](CO)NC(=O)[C@H](CCCNC(=N)N)NC(=O)[C@H](CC(C)C)NC(=O)[C@@H](C)CCCCN)C(=O)N[C@H](C(=O)N[C@@H](CC(=O)O)C(=O)N[C@@H](CCCCN)C(=O)N[C@@H](Cc1ccc2ccccc2c1)C(=O)N[C@@H](CCCNC(=N)N)C(=O)N[C@@H](CC(C)C)C(N)=O)[C@@H](C)O. The Bertz CT molecular complexity index is 3070. The smallest absolute Gasteiger partial charge is 0.305 e. The van der Waals surface area contributed by atoms with Crippen LogP contribution in [0.4, 0.5) is 0 Å². The van der Waals surface area contributed by atoms with Gasteiger partial charge in [-0.1, -0.05) is 83.5 Å². The molecule has 34 nitrogen and oxygen atoms in total. The van der Waals surface area contributed by atoms with E-state index in [1.807, 2.05) is 45.9 Å². The van der Waals surface area contributed by atoms with Gasteiger partial charge in [-0.15, -0.1) is 0 Å². The molecule has 0 fully saturated rings. The average Bonchev–Trinajstić information content (AvgIpc) is 0.820. The number of aliphatic hydroxyl groups is 2. The van der Waals surface area contributed by atoms with Crippen molar-refractivity contribution in [2.24, 2.45) is 46.4 Å². The number of guanidine groups is 2. The van der Waals surface area contributed by atoms with Gasteiger partial charge in [0.05, 0.1) is 19.1 Å². The fraction of sp³-hybridized carbons (Fsp3) is 0.636. The van der Waals surface area contributed by atoms with Gasteiger partial charge in [-0.3, -0.25) is 68.4 Å². The van der Waals surface area contributed by atoms with Crippen LogP contribution in [0.15, 0.2) is 42.5 Å². The molecule has 0 aliphatic rings. The van der Waals surface area contributed by atoms with E-state index in [9.17, 15) is 72.9 Å². The zero-order chi connectivity index (χ0) is 75.9. The van der Waals surface area contributed by atoms with E-state index in [2.05, 4.69) is 63.8 Å². The maximum Gasteiger partial charge on any atom is 0.305 e. The number of aliphatic carboxylic acids is 1. The van der Waals surface area contributed by atoms with Crippen molar-refractivity contribution in [1.29, 1.82) is 10.8 Å².